The number of ketones is 1. The van der Waals surface area contributed by atoms with Crippen LogP contribution in [0, 0.1) is 11.7 Å². The van der Waals surface area contributed by atoms with Crippen LogP contribution in [0.4, 0.5) is 10.2 Å². The van der Waals surface area contributed by atoms with Crippen LogP contribution in [0.15, 0.2) is 67.0 Å². The summed E-state index contributed by atoms with van der Waals surface area (Å²) in [6, 6.07) is 14.1. The molecule has 2 aliphatic rings. The van der Waals surface area contributed by atoms with Gasteiger partial charge < -0.3 is 10.5 Å². The first-order valence-corrected chi connectivity index (χ1v) is 13.9. The van der Waals surface area contributed by atoms with Crippen LogP contribution in [0.25, 0.3) is 22.3 Å². The molecule has 0 radical (unpaired) electrons. The van der Waals surface area contributed by atoms with E-state index in [1.165, 1.54) is 37.7 Å². The highest BCUT2D eigenvalue weighted by atomic mass is 19.1. The van der Waals surface area contributed by atoms with Crippen molar-refractivity contribution in [3.05, 3.63) is 72.8 Å². The summed E-state index contributed by atoms with van der Waals surface area (Å²) < 4.78 is 21.2. The lowest BCUT2D eigenvalue weighted by Gasteiger charge is -2.33. The number of anilines is 1. The standard InChI is InChI=1S/C31H33FN6O2/c1-37(23-6-3-7-23)16-4-9-27(39)21-10-13-24(17-21)38-31-28(30(33)34-19-35-31)29(36-38)20-11-14-25(15-12-20)40-26-8-2-5-22(32)18-26/h2,4-5,8-9,11-12,14-15,18-19,21,23-24H,3,6-7,10,13,16-17H2,1H3,(H2,33,34,35)/t21?,24-/m1/s1. The number of fused-ring (bicyclic) bond motifs is 1. The Labute approximate surface area is 232 Å². The lowest BCUT2D eigenvalue weighted by atomic mass is 9.92. The number of allylic oxidation sites excluding steroid dienone is 1. The third-order valence-corrected chi connectivity index (χ3v) is 8.20. The molecule has 2 aliphatic carbocycles. The third kappa shape index (κ3) is 5.34. The van der Waals surface area contributed by atoms with Crippen molar-refractivity contribution >= 4 is 22.6 Å². The van der Waals surface area contributed by atoms with Crippen molar-refractivity contribution in [2.45, 2.75) is 50.6 Å². The molecule has 2 aromatic carbocycles. The SMILES string of the molecule is CN(CC=CC(=O)C1CC[C@@H](n2nc(-c3ccc(Oc4cccc(F)c4)cc3)c3c(N)ncnc32)C1)C1CCC1. The van der Waals surface area contributed by atoms with E-state index in [0.29, 0.717) is 46.5 Å². The van der Waals surface area contributed by atoms with Gasteiger partial charge in [-0.2, -0.15) is 5.10 Å². The Morgan fingerprint density at radius 2 is 1.95 bits per heavy atom. The number of carbonyl (C=O) groups is 1. The molecule has 2 heterocycles. The second kappa shape index (κ2) is 11.2. The van der Waals surface area contributed by atoms with Gasteiger partial charge in [0.25, 0.3) is 0 Å². The Kier molecular flexibility index (Phi) is 7.30. The first-order valence-electron chi connectivity index (χ1n) is 13.9. The molecule has 2 fully saturated rings. The lowest BCUT2D eigenvalue weighted by molar-refractivity contribution is -0.118. The predicted molar refractivity (Wildman–Crippen MR) is 152 cm³/mol. The van der Waals surface area contributed by atoms with E-state index in [1.807, 2.05) is 35.0 Å². The maximum Gasteiger partial charge on any atom is 0.164 e. The zero-order chi connectivity index (χ0) is 27.6. The molecule has 2 N–H and O–H groups in total. The summed E-state index contributed by atoms with van der Waals surface area (Å²) in [5, 5.41) is 5.64. The Morgan fingerprint density at radius 3 is 2.70 bits per heavy atom. The molecule has 2 aromatic heterocycles. The molecule has 2 atom stereocenters. The van der Waals surface area contributed by atoms with Gasteiger partial charge in [0.05, 0.1) is 11.4 Å². The summed E-state index contributed by atoms with van der Waals surface area (Å²) in [7, 11) is 2.13. The molecule has 206 valence electrons. The van der Waals surface area contributed by atoms with Crippen LogP contribution >= 0.6 is 0 Å². The number of aromatic nitrogens is 4. The molecule has 0 spiro atoms. The Hall–Kier alpha value is -4.11. The highest BCUT2D eigenvalue weighted by molar-refractivity contribution is 5.98. The second-order valence-electron chi connectivity index (χ2n) is 10.8. The van der Waals surface area contributed by atoms with Gasteiger partial charge in [0, 0.05) is 30.1 Å². The Balaban J connectivity index is 1.19. The number of nitrogens with zero attached hydrogens (tertiary/aromatic N) is 5. The molecule has 1 unspecified atom stereocenters. The fourth-order valence-corrected chi connectivity index (χ4v) is 5.69. The number of carbonyl (C=O) groups excluding carboxylic acids is 1. The highest BCUT2D eigenvalue weighted by Crippen LogP contribution is 2.39. The lowest BCUT2D eigenvalue weighted by Crippen LogP contribution is -2.37. The number of benzene rings is 2. The smallest absolute Gasteiger partial charge is 0.164 e. The molecule has 0 saturated heterocycles. The number of ether oxygens (including phenoxy) is 1. The zero-order valence-corrected chi connectivity index (χ0v) is 22.5. The van der Waals surface area contributed by atoms with Crippen LogP contribution in [0.3, 0.4) is 0 Å². The van der Waals surface area contributed by atoms with Gasteiger partial charge in [-0.25, -0.2) is 19.0 Å². The van der Waals surface area contributed by atoms with E-state index in [1.54, 1.807) is 18.2 Å². The van der Waals surface area contributed by atoms with Gasteiger partial charge in [0.1, 0.15) is 35.2 Å². The van der Waals surface area contributed by atoms with Crippen LogP contribution in [0.2, 0.25) is 0 Å². The largest absolute Gasteiger partial charge is 0.457 e. The van der Waals surface area contributed by atoms with Crippen LogP contribution in [0.1, 0.15) is 44.6 Å². The van der Waals surface area contributed by atoms with Gasteiger partial charge in [0.15, 0.2) is 11.4 Å². The minimum atomic E-state index is -0.356. The van der Waals surface area contributed by atoms with Crippen molar-refractivity contribution in [1.29, 1.82) is 0 Å². The van der Waals surface area contributed by atoms with Crippen molar-refractivity contribution in [2.75, 3.05) is 19.3 Å². The monoisotopic (exact) mass is 540 g/mol. The van der Waals surface area contributed by atoms with E-state index in [4.69, 9.17) is 15.6 Å². The van der Waals surface area contributed by atoms with E-state index in [9.17, 15) is 9.18 Å². The molecular formula is C31H33FN6O2. The number of halogens is 1. The van der Waals surface area contributed by atoms with Gasteiger partial charge in [-0.1, -0.05) is 18.6 Å². The van der Waals surface area contributed by atoms with Crippen molar-refractivity contribution in [3.63, 3.8) is 0 Å². The second-order valence-corrected chi connectivity index (χ2v) is 10.8. The summed E-state index contributed by atoms with van der Waals surface area (Å²) in [6.45, 7) is 0.808. The van der Waals surface area contributed by atoms with E-state index in [0.717, 1.165) is 24.9 Å². The quantitative estimate of drug-likeness (QED) is 0.262. The Morgan fingerprint density at radius 1 is 1.12 bits per heavy atom. The molecule has 6 rings (SSSR count). The van der Waals surface area contributed by atoms with Crippen LogP contribution in [-0.4, -0.2) is 50.1 Å². The fraction of sp³-hybridized carbons (Fsp3) is 0.355. The molecule has 0 bridgehead atoms. The molecule has 2 saturated carbocycles. The molecule has 9 heteroatoms. The van der Waals surface area contributed by atoms with Gasteiger partial charge >= 0.3 is 0 Å². The summed E-state index contributed by atoms with van der Waals surface area (Å²) in [4.78, 5) is 24.0. The van der Waals surface area contributed by atoms with Gasteiger partial charge in [-0.3, -0.25) is 9.69 Å². The van der Waals surface area contributed by atoms with Crippen molar-refractivity contribution in [3.8, 4) is 22.8 Å². The summed E-state index contributed by atoms with van der Waals surface area (Å²) in [6.07, 6.45) is 11.4. The van der Waals surface area contributed by atoms with E-state index < -0.39 is 0 Å². The summed E-state index contributed by atoms with van der Waals surface area (Å²) >= 11 is 0. The highest BCUT2D eigenvalue weighted by Gasteiger charge is 2.32. The summed E-state index contributed by atoms with van der Waals surface area (Å²) in [5.74, 6) is 1.15. The van der Waals surface area contributed by atoms with Gasteiger partial charge in [-0.05, 0) is 81.6 Å². The maximum atomic E-state index is 13.5. The first kappa shape index (κ1) is 26.1. The van der Waals surface area contributed by atoms with Crippen molar-refractivity contribution in [1.82, 2.24) is 24.6 Å². The van der Waals surface area contributed by atoms with Gasteiger partial charge in [0.2, 0.25) is 0 Å². The molecule has 40 heavy (non-hydrogen) atoms. The van der Waals surface area contributed by atoms with Crippen molar-refractivity contribution < 1.29 is 13.9 Å². The van der Waals surface area contributed by atoms with Crippen LogP contribution in [0.5, 0.6) is 11.5 Å². The molecule has 0 aliphatic heterocycles. The zero-order valence-electron chi connectivity index (χ0n) is 22.5. The molecule has 4 aromatic rings. The minimum absolute atomic E-state index is 0.0311. The third-order valence-electron chi connectivity index (χ3n) is 8.20. The number of nitrogen functional groups attached to an aromatic ring is 1. The number of likely N-dealkylation sites (N-methyl/N-ethyl adjacent to an activating group) is 1. The number of rotatable bonds is 9. The average molecular weight is 541 g/mol. The molecule has 8 nitrogen and oxygen atoms in total. The van der Waals surface area contributed by atoms with Gasteiger partial charge in [-0.15, -0.1) is 0 Å². The van der Waals surface area contributed by atoms with E-state index in [-0.39, 0.29) is 23.6 Å². The first-order chi connectivity index (χ1) is 19.5. The average Bonchev–Trinajstić information content (AvgIpc) is 3.54. The van der Waals surface area contributed by atoms with E-state index in [2.05, 4.69) is 21.9 Å². The van der Waals surface area contributed by atoms with E-state index >= 15 is 0 Å². The number of hydrogen-bond donors (Lipinski definition) is 1. The molecular weight excluding hydrogens is 507 g/mol. The fourth-order valence-electron chi connectivity index (χ4n) is 5.69. The summed E-state index contributed by atoms with van der Waals surface area (Å²) in [5.41, 5.74) is 8.49. The molecule has 0 amide bonds. The normalized spacial score (nSPS) is 19.5. The Bertz CT molecular complexity index is 1550. The number of hydrogen-bond acceptors (Lipinski definition) is 7. The maximum absolute atomic E-state index is 13.5. The van der Waals surface area contributed by atoms with Crippen LogP contribution < -0.4 is 10.5 Å². The predicted octanol–water partition coefficient (Wildman–Crippen LogP) is 5.96. The van der Waals surface area contributed by atoms with Crippen LogP contribution in [-0.2, 0) is 4.79 Å². The topological polar surface area (TPSA) is 99.2 Å². The number of nitrogens with two attached hydrogens (primary N) is 1. The minimum Gasteiger partial charge on any atom is -0.457 e. The van der Waals surface area contributed by atoms with Crippen molar-refractivity contribution in [2.24, 2.45) is 5.92 Å².